The van der Waals surface area contributed by atoms with E-state index in [1.807, 2.05) is 0 Å². The molecule has 8 nitrogen and oxygen atoms in total. The molecular weight excluding hydrogens is 222 g/mol. The van der Waals surface area contributed by atoms with Crippen molar-refractivity contribution in [2.24, 2.45) is 5.73 Å². The van der Waals surface area contributed by atoms with E-state index in [1.54, 1.807) is 0 Å². The molecule has 0 spiro atoms. The van der Waals surface area contributed by atoms with Gasteiger partial charge in [0.25, 0.3) is 0 Å². The number of esters is 2. The summed E-state index contributed by atoms with van der Waals surface area (Å²) < 4.78 is 8.94. The molecule has 1 rings (SSSR count). The van der Waals surface area contributed by atoms with Gasteiger partial charge in [-0.15, -0.1) is 0 Å². The molecule has 5 N–H and O–H groups in total. The van der Waals surface area contributed by atoms with E-state index in [4.69, 9.17) is 21.1 Å². The summed E-state index contributed by atoms with van der Waals surface area (Å²) in [5, 5.41) is 26.5. The van der Waals surface area contributed by atoms with E-state index in [0.717, 1.165) is 0 Å². The predicted octanol–water partition coefficient (Wildman–Crippen LogP) is -3.03. The van der Waals surface area contributed by atoms with Crippen LogP contribution in [-0.2, 0) is 19.1 Å². The van der Waals surface area contributed by atoms with Crippen molar-refractivity contribution in [1.82, 2.24) is 0 Å². The molecule has 0 aromatic carbocycles. The van der Waals surface area contributed by atoms with Crippen LogP contribution in [0.15, 0.2) is 11.1 Å². The Morgan fingerprint density at radius 1 is 1.00 bits per heavy atom. The van der Waals surface area contributed by atoms with Crippen molar-refractivity contribution in [3.8, 4) is 0 Å². The van der Waals surface area contributed by atoms with E-state index >= 15 is 0 Å². The first-order chi connectivity index (χ1) is 7.47. The molecule has 8 heteroatoms. The van der Waals surface area contributed by atoms with Crippen LogP contribution in [0, 0.1) is 0 Å². The summed E-state index contributed by atoms with van der Waals surface area (Å²) >= 11 is 0. The Balaban J connectivity index is 3.16. The zero-order valence-electron chi connectivity index (χ0n) is 8.17. The fraction of sp³-hybridized carbons (Fsp3) is 0.500. The molecule has 0 bridgehead atoms. The Morgan fingerprint density at radius 3 is 1.62 bits per heavy atom. The largest absolute Gasteiger partial charge is 0.403 e. The lowest BCUT2D eigenvalue weighted by Gasteiger charge is -2.23. The maximum absolute atomic E-state index is 11.4. The summed E-state index contributed by atoms with van der Waals surface area (Å²) in [6.07, 6.45) is 0. The lowest BCUT2D eigenvalue weighted by molar-refractivity contribution is -0.231. The highest BCUT2D eigenvalue weighted by Crippen LogP contribution is 2.19. The Bertz CT molecular complexity index is 320. The van der Waals surface area contributed by atoms with Crippen LogP contribution in [0.2, 0.25) is 0 Å². The van der Waals surface area contributed by atoms with Gasteiger partial charge in [0.15, 0.2) is 0 Å². The van der Waals surface area contributed by atoms with Gasteiger partial charge in [-0.2, -0.15) is 0 Å². The van der Waals surface area contributed by atoms with E-state index in [2.05, 4.69) is 9.47 Å². The van der Waals surface area contributed by atoms with Crippen molar-refractivity contribution in [3.63, 3.8) is 0 Å². The summed E-state index contributed by atoms with van der Waals surface area (Å²) in [4.78, 5) is 22.7. The predicted molar refractivity (Wildman–Crippen MR) is 47.4 cm³/mol. The first-order valence-corrected chi connectivity index (χ1v) is 4.27. The molecule has 1 aliphatic rings. The maximum atomic E-state index is 11.4. The van der Waals surface area contributed by atoms with Gasteiger partial charge in [0, 0.05) is 0 Å². The molecule has 0 aromatic rings. The number of aliphatic hydroxyl groups excluding tert-OH is 3. The number of nitrogens with two attached hydrogens (primary N) is 1. The standard InChI is InChI=1S/C8H11NO7/c9-8(3-12)15-6(13)4(1-10)5(2-11)7(14)16-8/h10-12H,1-3,9H2. The molecule has 1 heterocycles. The van der Waals surface area contributed by atoms with Gasteiger partial charge >= 0.3 is 17.8 Å². The smallest absolute Gasteiger partial charge is 0.341 e. The van der Waals surface area contributed by atoms with E-state index < -0.39 is 48.8 Å². The molecule has 0 unspecified atom stereocenters. The molecule has 1 aliphatic heterocycles. The van der Waals surface area contributed by atoms with Crippen molar-refractivity contribution in [2.45, 2.75) is 5.91 Å². The minimum atomic E-state index is -2.30. The normalized spacial score (nSPS) is 20.2. The molecule has 90 valence electrons. The molecule has 0 saturated carbocycles. The average molecular weight is 233 g/mol. The van der Waals surface area contributed by atoms with Crippen LogP contribution in [0.1, 0.15) is 0 Å². The third-order valence-corrected chi connectivity index (χ3v) is 1.92. The Hall–Kier alpha value is -1.48. The number of carbonyl (C=O) groups excluding carboxylic acids is 2. The van der Waals surface area contributed by atoms with Crippen LogP contribution in [0.4, 0.5) is 0 Å². The summed E-state index contributed by atoms with van der Waals surface area (Å²) in [5.41, 5.74) is 4.35. The zero-order valence-corrected chi connectivity index (χ0v) is 8.17. The second kappa shape index (κ2) is 4.58. The average Bonchev–Trinajstić information content (AvgIpc) is 2.32. The number of hydrogen-bond acceptors (Lipinski definition) is 8. The molecule has 0 fully saturated rings. The van der Waals surface area contributed by atoms with Crippen molar-refractivity contribution in [2.75, 3.05) is 19.8 Å². The van der Waals surface area contributed by atoms with Gasteiger partial charge in [-0.1, -0.05) is 0 Å². The third kappa shape index (κ3) is 2.19. The van der Waals surface area contributed by atoms with E-state index in [1.165, 1.54) is 0 Å². The number of hydrogen-bond donors (Lipinski definition) is 4. The van der Waals surface area contributed by atoms with Crippen LogP contribution in [0.5, 0.6) is 0 Å². The fourth-order valence-electron chi connectivity index (χ4n) is 1.09. The highest BCUT2D eigenvalue weighted by Gasteiger charge is 2.40. The van der Waals surface area contributed by atoms with Gasteiger partial charge in [-0.05, 0) is 0 Å². The van der Waals surface area contributed by atoms with Crippen molar-refractivity contribution in [3.05, 3.63) is 11.1 Å². The first-order valence-electron chi connectivity index (χ1n) is 4.27. The zero-order chi connectivity index (χ0) is 12.3. The van der Waals surface area contributed by atoms with Gasteiger partial charge in [0.1, 0.15) is 6.61 Å². The number of carbonyl (C=O) groups is 2. The second-order valence-electron chi connectivity index (χ2n) is 3.02. The van der Waals surface area contributed by atoms with E-state index in [-0.39, 0.29) is 0 Å². The number of rotatable bonds is 3. The molecule has 0 aromatic heterocycles. The van der Waals surface area contributed by atoms with Crippen LogP contribution in [0.3, 0.4) is 0 Å². The Kier molecular flexibility index (Phi) is 3.60. The SMILES string of the molecule is NC1(CO)OC(=O)C(CO)=C(CO)C(=O)O1. The van der Waals surface area contributed by atoms with Crippen LogP contribution >= 0.6 is 0 Å². The second-order valence-corrected chi connectivity index (χ2v) is 3.02. The number of ether oxygens (including phenoxy) is 2. The summed E-state index contributed by atoms with van der Waals surface area (Å²) in [6, 6.07) is 0. The topological polar surface area (TPSA) is 139 Å². The molecule has 0 radical (unpaired) electrons. The third-order valence-electron chi connectivity index (χ3n) is 1.92. The number of cyclic esters (lactones) is 2. The van der Waals surface area contributed by atoms with Gasteiger partial charge in [0.05, 0.1) is 24.4 Å². The number of aliphatic hydroxyl groups is 3. The Labute approximate surface area is 89.9 Å². The van der Waals surface area contributed by atoms with E-state index in [0.29, 0.717) is 0 Å². The van der Waals surface area contributed by atoms with Gasteiger partial charge in [-0.3, -0.25) is 5.73 Å². The highest BCUT2D eigenvalue weighted by molar-refractivity contribution is 6.02. The summed E-state index contributed by atoms with van der Waals surface area (Å²) in [6.45, 7) is -2.57. The molecule has 0 amide bonds. The van der Waals surface area contributed by atoms with Gasteiger partial charge in [0.2, 0.25) is 0 Å². The molecule has 0 atom stereocenters. The minimum absolute atomic E-state index is 0.451. The molecule has 0 saturated heterocycles. The molecule has 16 heavy (non-hydrogen) atoms. The quantitative estimate of drug-likeness (QED) is 0.377. The molecule has 0 aliphatic carbocycles. The van der Waals surface area contributed by atoms with Crippen LogP contribution < -0.4 is 5.73 Å². The lowest BCUT2D eigenvalue weighted by atomic mass is 10.1. The summed E-state index contributed by atoms with van der Waals surface area (Å²) in [5.74, 6) is -4.56. The van der Waals surface area contributed by atoms with Gasteiger partial charge in [-0.25, -0.2) is 9.59 Å². The van der Waals surface area contributed by atoms with E-state index in [9.17, 15) is 9.59 Å². The van der Waals surface area contributed by atoms with Crippen molar-refractivity contribution < 1.29 is 34.4 Å². The van der Waals surface area contributed by atoms with Gasteiger partial charge < -0.3 is 24.8 Å². The van der Waals surface area contributed by atoms with Crippen LogP contribution in [0.25, 0.3) is 0 Å². The van der Waals surface area contributed by atoms with Crippen molar-refractivity contribution in [1.29, 1.82) is 0 Å². The maximum Gasteiger partial charge on any atom is 0.341 e. The fourth-order valence-corrected chi connectivity index (χ4v) is 1.09. The Morgan fingerprint density at radius 2 is 1.38 bits per heavy atom. The lowest BCUT2D eigenvalue weighted by Crippen LogP contribution is -2.51. The monoisotopic (exact) mass is 233 g/mol. The van der Waals surface area contributed by atoms with Crippen LogP contribution in [-0.4, -0.2) is 53.0 Å². The summed E-state index contributed by atoms with van der Waals surface area (Å²) in [7, 11) is 0. The minimum Gasteiger partial charge on any atom is -0.403 e. The highest BCUT2D eigenvalue weighted by atomic mass is 16.8. The first kappa shape index (κ1) is 12.6. The molecular formula is C8H11NO7. The van der Waals surface area contributed by atoms with Crippen molar-refractivity contribution >= 4 is 11.9 Å².